The second kappa shape index (κ2) is 16.5. The van der Waals surface area contributed by atoms with Gasteiger partial charge in [-0.05, 0) is 118 Å². The van der Waals surface area contributed by atoms with Crippen molar-refractivity contribution < 1.29 is 33.4 Å². The first-order chi connectivity index (χ1) is 24.4. The predicted octanol–water partition coefficient (Wildman–Crippen LogP) is 7.29. The summed E-state index contributed by atoms with van der Waals surface area (Å²) in [7, 11) is 0. The molecule has 4 aromatic carbocycles. The van der Waals surface area contributed by atoms with Gasteiger partial charge in [0.15, 0.2) is 5.78 Å². The SMILES string of the molecule is Cc1ccc(C(=O)NC2CC2)cc1-c1ccc(C(=O)c2ccc(OCCOC(=O)Nc3ccc(C#CCNC(=O)OC(C)(C)C)cc3)cc2)cc1. The molecule has 0 bridgehead atoms. The summed E-state index contributed by atoms with van der Waals surface area (Å²) in [5.41, 5.74) is 5.26. The monoisotopic (exact) mass is 687 g/mol. The van der Waals surface area contributed by atoms with Crippen molar-refractivity contribution in [3.8, 4) is 28.7 Å². The Balaban J connectivity index is 1.03. The predicted molar refractivity (Wildman–Crippen MR) is 195 cm³/mol. The molecule has 3 N–H and O–H groups in total. The lowest BCUT2D eigenvalue weighted by Crippen LogP contribution is -2.32. The number of anilines is 1. The molecule has 3 amide bonds. The molecule has 0 aliphatic heterocycles. The zero-order valence-electron chi connectivity index (χ0n) is 29.1. The highest BCUT2D eigenvalue weighted by molar-refractivity contribution is 6.09. The standard InChI is InChI=1S/C41H41N3O7/c1-27-7-10-32(38(46)43-33-19-20-33)26-36(27)29-11-13-30(14-12-29)37(45)31-15-21-35(22-16-31)49-24-25-50-40(48)44-34-17-8-28(9-18-34)6-5-23-42-39(47)51-41(2,3)4/h7-18,21-22,26,33H,19-20,23-25H2,1-4H3,(H,42,47)(H,43,46)(H,44,48). The van der Waals surface area contributed by atoms with Crippen LogP contribution in [0.1, 0.15) is 71.0 Å². The summed E-state index contributed by atoms with van der Waals surface area (Å²) in [6, 6.07) is 27.0. The van der Waals surface area contributed by atoms with Crippen LogP contribution < -0.4 is 20.7 Å². The Labute approximate surface area is 297 Å². The minimum atomic E-state index is -0.632. The molecule has 0 heterocycles. The Morgan fingerprint density at radius 3 is 2.08 bits per heavy atom. The Bertz CT molecular complexity index is 1930. The number of rotatable bonds is 11. The second-order valence-electron chi connectivity index (χ2n) is 13.1. The van der Waals surface area contributed by atoms with Gasteiger partial charge < -0.3 is 24.8 Å². The third-order valence-electron chi connectivity index (χ3n) is 7.66. The van der Waals surface area contributed by atoms with E-state index in [1.165, 1.54) is 0 Å². The number of amides is 3. The largest absolute Gasteiger partial charge is 0.490 e. The van der Waals surface area contributed by atoms with E-state index in [9.17, 15) is 19.2 Å². The molecular formula is C41H41N3O7. The van der Waals surface area contributed by atoms with E-state index in [2.05, 4.69) is 27.8 Å². The van der Waals surface area contributed by atoms with Crippen molar-refractivity contribution in [1.82, 2.24) is 10.6 Å². The number of hydrogen-bond donors (Lipinski definition) is 3. The maximum atomic E-state index is 13.2. The fourth-order valence-electron chi connectivity index (χ4n) is 4.90. The first-order valence-corrected chi connectivity index (χ1v) is 16.7. The highest BCUT2D eigenvalue weighted by Gasteiger charge is 2.24. The molecule has 262 valence electrons. The number of aryl methyl sites for hydroxylation is 1. The molecule has 0 saturated heterocycles. The lowest BCUT2D eigenvalue weighted by molar-refractivity contribution is 0.0534. The van der Waals surface area contributed by atoms with E-state index in [0.717, 1.165) is 29.5 Å². The van der Waals surface area contributed by atoms with Gasteiger partial charge in [-0.15, -0.1) is 0 Å². The Hall–Kier alpha value is -6.08. The number of ether oxygens (including phenoxy) is 3. The molecule has 1 saturated carbocycles. The van der Waals surface area contributed by atoms with Gasteiger partial charge in [0.1, 0.15) is 24.6 Å². The van der Waals surface area contributed by atoms with Gasteiger partial charge in [-0.3, -0.25) is 14.9 Å². The van der Waals surface area contributed by atoms with Gasteiger partial charge in [0.05, 0.1) is 6.54 Å². The van der Waals surface area contributed by atoms with Gasteiger partial charge in [-0.2, -0.15) is 0 Å². The molecule has 5 rings (SSSR count). The summed E-state index contributed by atoms with van der Waals surface area (Å²) in [6.45, 7) is 7.63. The number of alkyl carbamates (subject to hydrolysis) is 1. The zero-order chi connectivity index (χ0) is 36.4. The van der Waals surface area contributed by atoms with Crippen molar-refractivity contribution in [3.05, 3.63) is 119 Å². The normalized spacial score (nSPS) is 12.1. The average molecular weight is 688 g/mol. The summed E-state index contributed by atoms with van der Waals surface area (Å²) in [4.78, 5) is 49.6. The van der Waals surface area contributed by atoms with Crippen molar-refractivity contribution in [2.24, 2.45) is 0 Å². The van der Waals surface area contributed by atoms with Crippen molar-refractivity contribution in [2.75, 3.05) is 25.1 Å². The molecule has 0 spiro atoms. The van der Waals surface area contributed by atoms with E-state index in [0.29, 0.717) is 33.7 Å². The Morgan fingerprint density at radius 1 is 0.784 bits per heavy atom. The summed E-state index contributed by atoms with van der Waals surface area (Å²) in [5.74, 6) is 6.11. The average Bonchev–Trinajstić information content (AvgIpc) is 3.93. The van der Waals surface area contributed by atoms with Crippen molar-refractivity contribution in [1.29, 1.82) is 0 Å². The molecule has 0 unspecified atom stereocenters. The topological polar surface area (TPSA) is 132 Å². The molecule has 0 radical (unpaired) electrons. The number of benzene rings is 4. The van der Waals surface area contributed by atoms with Crippen molar-refractivity contribution in [3.63, 3.8) is 0 Å². The van der Waals surface area contributed by atoms with Crippen molar-refractivity contribution >= 4 is 29.6 Å². The lowest BCUT2D eigenvalue weighted by Gasteiger charge is -2.18. The van der Waals surface area contributed by atoms with Gasteiger partial charge in [0.2, 0.25) is 0 Å². The van der Waals surface area contributed by atoms with Crippen LogP contribution in [0.15, 0.2) is 91.0 Å². The number of carbonyl (C=O) groups is 4. The third-order valence-corrected chi connectivity index (χ3v) is 7.66. The molecule has 0 atom stereocenters. The van der Waals surface area contributed by atoms with Crippen LogP contribution in [0.5, 0.6) is 5.75 Å². The van der Waals surface area contributed by atoms with Gasteiger partial charge in [0, 0.05) is 34.0 Å². The first kappa shape index (κ1) is 36.2. The van der Waals surface area contributed by atoms with Gasteiger partial charge in [0.25, 0.3) is 5.91 Å². The van der Waals surface area contributed by atoms with Crippen LogP contribution in [-0.4, -0.2) is 55.3 Å². The second-order valence-corrected chi connectivity index (χ2v) is 13.1. The summed E-state index contributed by atoms with van der Waals surface area (Å²) in [5, 5.41) is 8.24. The maximum absolute atomic E-state index is 13.2. The van der Waals surface area contributed by atoms with E-state index in [1.54, 1.807) is 81.4 Å². The van der Waals surface area contributed by atoms with E-state index in [4.69, 9.17) is 14.2 Å². The van der Waals surface area contributed by atoms with Crippen LogP contribution in [0.3, 0.4) is 0 Å². The molecule has 1 fully saturated rings. The number of ketones is 1. The van der Waals surface area contributed by atoms with Crippen molar-refractivity contribution in [2.45, 2.75) is 52.2 Å². The fourth-order valence-corrected chi connectivity index (χ4v) is 4.90. The minimum absolute atomic E-state index is 0.0145. The van der Waals surface area contributed by atoms with Gasteiger partial charge in [-0.25, -0.2) is 9.59 Å². The van der Waals surface area contributed by atoms with E-state index < -0.39 is 17.8 Å². The first-order valence-electron chi connectivity index (χ1n) is 16.7. The van der Waals surface area contributed by atoms with E-state index >= 15 is 0 Å². The third kappa shape index (κ3) is 11.2. The zero-order valence-corrected chi connectivity index (χ0v) is 29.1. The molecule has 4 aromatic rings. The highest BCUT2D eigenvalue weighted by Crippen LogP contribution is 2.27. The minimum Gasteiger partial charge on any atom is -0.490 e. The molecule has 1 aliphatic rings. The molecule has 0 aromatic heterocycles. The quantitative estimate of drug-likeness (QED) is 0.0857. The van der Waals surface area contributed by atoms with Gasteiger partial charge in [-0.1, -0.05) is 42.2 Å². The number of carbonyl (C=O) groups excluding carboxylic acids is 4. The Kier molecular flexibility index (Phi) is 11.7. The van der Waals surface area contributed by atoms with E-state index in [-0.39, 0.29) is 37.5 Å². The van der Waals surface area contributed by atoms with Crippen LogP contribution in [0.25, 0.3) is 11.1 Å². The van der Waals surface area contributed by atoms with Gasteiger partial charge >= 0.3 is 12.2 Å². The molecular weight excluding hydrogens is 646 g/mol. The number of hydrogen-bond acceptors (Lipinski definition) is 7. The molecule has 1 aliphatic carbocycles. The highest BCUT2D eigenvalue weighted by atomic mass is 16.6. The summed E-state index contributed by atoms with van der Waals surface area (Å²) in [6.07, 6.45) is 0.896. The molecule has 10 heteroatoms. The molecule has 10 nitrogen and oxygen atoms in total. The van der Waals surface area contributed by atoms with Crippen LogP contribution in [0.4, 0.5) is 15.3 Å². The smallest absolute Gasteiger partial charge is 0.411 e. The van der Waals surface area contributed by atoms with Crippen LogP contribution in [0, 0.1) is 18.8 Å². The summed E-state index contributed by atoms with van der Waals surface area (Å²) < 4.78 is 16.0. The van der Waals surface area contributed by atoms with E-state index in [1.807, 2.05) is 37.3 Å². The number of nitrogens with one attached hydrogen (secondary N) is 3. The summed E-state index contributed by atoms with van der Waals surface area (Å²) >= 11 is 0. The Morgan fingerprint density at radius 2 is 1.43 bits per heavy atom. The van der Waals surface area contributed by atoms with Crippen LogP contribution in [-0.2, 0) is 9.47 Å². The van der Waals surface area contributed by atoms with Crippen LogP contribution >= 0.6 is 0 Å². The molecule has 51 heavy (non-hydrogen) atoms. The lowest BCUT2D eigenvalue weighted by atomic mass is 9.95. The fraction of sp³-hybridized carbons (Fsp3) is 0.268. The van der Waals surface area contributed by atoms with Crippen LogP contribution in [0.2, 0.25) is 0 Å². The maximum Gasteiger partial charge on any atom is 0.411 e.